The molecule has 1 atom stereocenters. The maximum atomic E-state index is 2.49. The Hall–Kier alpha value is -0.260. The zero-order valence-electron chi connectivity index (χ0n) is 8.82. The summed E-state index contributed by atoms with van der Waals surface area (Å²) in [6.45, 7) is 7.01. The van der Waals surface area contributed by atoms with Crippen LogP contribution in [0, 0.1) is 5.41 Å². The Morgan fingerprint density at radius 2 is 2.17 bits per heavy atom. The highest BCUT2D eigenvalue weighted by Gasteiger charge is 2.26. The van der Waals surface area contributed by atoms with Crippen LogP contribution in [0.5, 0.6) is 0 Å². The van der Waals surface area contributed by atoms with E-state index in [2.05, 4.69) is 26.8 Å². The Balaban J connectivity index is 2.32. The van der Waals surface area contributed by atoms with Crippen molar-refractivity contribution in [3.8, 4) is 0 Å². The number of unbranched alkanes of at least 4 members (excludes halogenated alkanes) is 1. The van der Waals surface area contributed by atoms with Gasteiger partial charge in [0.25, 0.3) is 0 Å². The standard InChI is InChI=1S/C12H22/c1-4-6-7-11-8-9-12(3,5-2)10-11/h8H,4-7,9-10H2,1-3H3. The average molecular weight is 166 g/mol. The van der Waals surface area contributed by atoms with E-state index in [1.165, 1.54) is 38.5 Å². The first-order valence-electron chi connectivity index (χ1n) is 5.38. The Morgan fingerprint density at radius 1 is 1.42 bits per heavy atom. The first-order valence-corrected chi connectivity index (χ1v) is 5.38. The summed E-state index contributed by atoms with van der Waals surface area (Å²) in [5.41, 5.74) is 2.34. The van der Waals surface area contributed by atoms with Crippen molar-refractivity contribution in [2.75, 3.05) is 0 Å². The Labute approximate surface area is 77.1 Å². The molecule has 0 aliphatic heterocycles. The third-order valence-corrected chi connectivity index (χ3v) is 3.24. The molecule has 0 saturated heterocycles. The molecule has 0 spiro atoms. The third-order valence-electron chi connectivity index (χ3n) is 3.24. The zero-order chi connectivity index (χ0) is 9.03. The van der Waals surface area contributed by atoms with Gasteiger partial charge in [-0.25, -0.2) is 0 Å². The molecule has 0 aromatic carbocycles. The highest BCUT2D eigenvalue weighted by atomic mass is 14.3. The van der Waals surface area contributed by atoms with Crippen LogP contribution in [0.2, 0.25) is 0 Å². The molecule has 0 saturated carbocycles. The van der Waals surface area contributed by atoms with Gasteiger partial charge in [0, 0.05) is 0 Å². The molecule has 0 aromatic heterocycles. The van der Waals surface area contributed by atoms with Gasteiger partial charge in [-0.05, 0) is 31.1 Å². The second kappa shape index (κ2) is 4.11. The molecule has 70 valence electrons. The third kappa shape index (κ3) is 2.36. The monoisotopic (exact) mass is 166 g/mol. The van der Waals surface area contributed by atoms with Crippen molar-refractivity contribution in [1.29, 1.82) is 0 Å². The van der Waals surface area contributed by atoms with E-state index in [1.54, 1.807) is 5.57 Å². The molecule has 0 radical (unpaired) electrons. The Bertz CT molecular complexity index is 167. The molecule has 0 bridgehead atoms. The summed E-state index contributed by atoms with van der Waals surface area (Å²) in [5.74, 6) is 0. The molecule has 0 heterocycles. The lowest BCUT2D eigenvalue weighted by molar-refractivity contribution is 0.331. The Kier molecular flexibility index (Phi) is 3.37. The van der Waals surface area contributed by atoms with E-state index in [0.717, 1.165) is 0 Å². The van der Waals surface area contributed by atoms with Crippen LogP contribution in [-0.2, 0) is 0 Å². The molecule has 0 amide bonds. The molecule has 1 unspecified atom stereocenters. The molecular weight excluding hydrogens is 144 g/mol. The maximum Gasteiger partial charge on any atom is -0.0257 e. The van der Waals surface area contributed by atoms with Crippen molar-refractivity contribution < 1.29 is 0 Å². The van der Waals surface area contributed by atoms with Crippen molar-refractivity contribution in [3.63, 3.8) is 0 Å². The van der Waals surface area contributed by atoms with Crippen LogP contribution in [0.4, 0.5) is 0 Å². The fourth-order valence-corrected chi connectivity index (χ4v) is 1.95. The summed E-state index contributed by atoms with van der Waals surface area (Å²) < 4.78 is 0. The number of hydrogen-bond donors (Lipinski definition) is 0. The van der Waals surface area contributed by atoms with Crippen LogP contribution in [0.1, 0.15) is 59.3 Å². The van der Waals surface area contributed by atoms with Gasteiger partial charge < -0.3 is 0 Å². The summed E-state index contributed by atoms with van der Waals surface area (Å²) in [5, 5.41) is 0. The van der Waals surface area contributed by atoms with Gasteiger partial charge in [0.1, 0.15) is 0 Å². The molecule has 1 aliphatic carbocycles. The van der Waals surface area contributed by atoms with Crippen molar-refractivity contribution >= 4 is 0 Å². The summed E-state index contributed by atoms with van der Waals surface area (Å²) in [6, 6.07) is 0. The van der Waals surface area contributed by atoms with E-state index in [4.69, 9.17) is 0 Å². The van der Waals surface area contributed by atoms with Gasteiger partial charge in [0.2, 0.25) is 0 Å². The van der Waals surface area contributed by atoms with Gasteiger partial charge in [-0.1, -0.05) is 45.3 Å². The second-order valence-corrected chi connectivity index (χ2v) is 4.51. The van der Waals surface area contributed by atoms with Gasteiger partial charge in [0.05, 0.1) is 0 Å². The van der Waals surface area contributed by atoms with Crippen molar-refractivity contribution in [3.05, 3.63) is 11.6 Å². The minimum Gasteiger partial charge on any atom is -0.0848 e. The topological polar surface area (TPSA) is 0 Å². The largest absolute Gasteiger partial charge is 0.0848 e. The summed E-state index contributed by atoms with van der Waals surface area (Å²) in [4.78, 5) is 0. The van der Waals surface area contributed by atoms with Crippen molar-refractivity contribution in [1.82, 2.24) is 0 Å². The fourth-order valence-electron chi connectivity index (χ4n) is 1.95. The van der Waals surface area contributed by atoms with Crippen LogP contribution < -0.4 is 0 Å². The van der Waals surface area contributed by atoms with Crippen LogP contribution >= 0.6 is 0 Å². The highest BCUT2D eigenvalue weighted by Crippen LogP contribution is 2.41. The fraction of sp³-hybridized carbons (Fsp3) is 0.833. The molecule has 1 rings (SSSR count). The predicted octanol–water partition coefficient (Wildman–Crippen LogP) is 4.31. The average Bonchev–Trinajstić information content (AvgIpc) is 2.45. The van der Waals surface area contributed by atoms with E-state index < -0.39 is 0 Å². The van der Waals surface area contributed by atoms with E-state index in [-0.39, 0.29) is 0 Å². The minimum absolute atomic E-state index is 0.614. The zero-order valence-corrected chi connectivity index (χ0v) is 8.82. The van der Waals surface area contributed by atoms with Gasteiger partial charge in [-0.3, -0.25) is 0 Å². The van der Waals surface area contributed by atoms with E-state index in [9.17, 15) is 0 Å². The van der Waals surface area contributed by atoms with Crippen LogP contribution in [0.15, 0.2) is 11.6 Å². The van der Waals surface area contributed by atoms with Crippen LogP contribution in [0.25, 0.3) is 0 Å². The van der Waals surface area contributed by atoms with Crippen LogP contribution in [-0.4, -0.2) is 0 Å². The first-order chi connectivity index (χ1) is 5.70. The maximum absolute atomic E-state index is 2.49. The highest BCUT2D eigenvalue weighted by molar-refractivity contribution is 5.13. The van der Waals surface area contributed by atoms with E-state index in [0.29, 0.717) is 5.41 Å². The number of hydrogen-bond acceptors (Lipinski definition) is 0. The smallest absolute Gasteiger partial charge is 0.0257 e. The lowest BCUT2D eigenvalue weighted by Crippen LogP contribution is -2.09. The molecule has 1 aliphatic rings. The SMILES string of the molecule is CCCCC1=CCC(C)(CC)C1. The summed E-state index contributed by atoms with van der Waals surface area (Å²) in [7, 11) is 0. The minimum atomic E-state index is 0.614. The van der Waals surface area contributed by atoms with Crippen molar-refractivity contribution in [2.45, 2.75) is 59.3 Å². The number of allylic oxidation sites excluding steroid dienone is 2. The molecule has 0 nitrogen and oxygen atoms in total. The van der Waals surface area contributed by atoms with Crippen LogP contribution in [0.3, 0.4) is 0 Å². The van der Waals surface area contributed by atoms with Gasteiger partial charge in [-0.15, -0.1) is 0 Å². The van der Waals surface area contributed by atoms with E-state index >= 15 is 0 Å². The summed E-state index contributed by atoms with van der Waals surface area (Å²) >= 11 is 0. The quantitative estimate of drug-likeness (QED) is 0.546. The Morgan fingerprint density at radius 3 is 2.67 bits per heavy atom. The summed E-state index contributed by atoms with van der Waals surface area (Å²) in [6.07, 6.45) is 10.6. The van der Waals surface area contributed by atoms with Crippen molar-refractivity contribution in [2.24, 2.45) is 5.41 Å². The molecule has 0 N–H and O–H groups in total. The molecule has 12 heavy (non-hydrogen) atoms. The predicted molar refractivity (Wildman–Crippen MR) is 55.2 cm³/mol. The first kappa shape index (κ1) is 9.83. The van der Waals surface area contributed by atoms with Gasteiger partial charge in [-0.2, -0.15) is 0 Å². The molecular formula is C12H22. The lowest BCUT2D eigenvalue weighted by Gasteiger charge is -2.21. The van der Waals surface area contributed by atoms with Gasteiger partial charge in [0.15, 0.2) is 0 Å². The lowest BCUT2D eigenvalue weighted by atomic mass is 9.84. The molecule has 0 aromatic rings. The number of rotatable bonds is 4. The normalized spacial score (nSPS) is 29.1. The second-order valence-electron chi connectivity index (χ2n) is 4.51. The molecule has 0 heteroatoms. The van der Waals surface area contributed by atoms with Gasteiger partial charge >= 0.3 is 0 Å². The molecule has 0 fully saturated rings. The van der Waals surface area contributed by atoms with E-state index in [1.807, 2.05) is 0 Å².